The van der Waals surface area contributed by atoms with Crippen LogP contribution in [0.2, 0.25) is 10.0 Å². The highest BCUT2D eigenvalue weighted by Gasteiger charge is 2.10. The Morgan fingerprint density at radius 1 is 0.800 bits per heavy atom. The van der Waals surface area contributed by atoms with Gasteiger partial charge in [-0.25, -0.2) is 19.0 Å². The summed E-state index contributed by atoms with van der Waals surface area (Å²) in [5.41, 5.74) is 4.71. The van der Waals surface area contributed by atoms with Crippen molar-refractivity contribution in [1.29, 1.82) is 0 Å². The second kappa shape index (κ2) is 10.7. The second-order valence-electron chi connectivity index (χ2n) is 7.03. The van der Waals surface area contributed by atoms with E-state index in [4.69, 9.17) is 28.3 Å². The molecule has 4 rings (SSSR count). The average molecular weight is 529 g/mol. The number of nitrogens with two attached hydrogens (primary N) is 1. The number of sulfonamides is 1. The van der Waals surface area contributed by atoms with Gasteiger partial charge >= 0.3 is 0 Å². The van der Waals surface area contributed by atoms with E-state index in [1.54, 1.807) is 30.3 Å². The first-order valence-corrected chi connectivity index (χ1v) is 12.3. The van der Waals surface area contributed by atoms with Gasteiger partial charge in [0.1, 0.15) is 0 Å². The lowest BCUT2D eigenvalue weighted by atomic mass is 10.2. The summed E-state index contributed by atoms with van der Waals surface area (Å²) in [4.78, 5) is 13.0. The summed E-state index contributed by atoms with van der Waals surface area (Å²) < 4.78 is 23.0. The molecular weight excluding hydrogens is 511 g/mol. The Morgan fingerprint density at radius 3 is 2.00 bits per heavy atom. The van der Waals surface area contributed by atoms with Gasteiger partial charge in [-0.05, 0) is 48.5 Å². The van der Waals surface area contributed by atoms with Gasteiger partial charge in [-0.15, -0.1) is 0 Å². The van der Waals surface area contributed by atoms with Gasteiger partial charge in [0, 0.05) is 22.0 Å². The predicted octanol–water partition coefficient (Wildman–Crippen LogP) is 4.76. The van der Waals surface area contributed by atoms with Crippen LogP contribution in [0.25, 0.3) is 0 Å². The molecule has 3 aromatic carbocycles. The second-order valence-corrected chi connectivity index (χ2v) is 9.43. The fourth-order valence-corrected chi connectivity index (χ4v) is 3.78. The topological polar surface area (TPSA) is 147 Å². The van der Waals surface area contributed by atoms with Crippen molar-refractivity contribution in [3.05, 3.63) is 88.4 Å². The van der Waals surface area contributed by atoms with Crippen LogP contribution in [-0.2, 0) is 10.0 Å². The van der Waals surface area contributed by atoms with Gasteiger partial charge in [-0.2, -0.15) is 20.1 Å². The van der Waals surface area contributed by atoms with E-state index in [0.29, 0.717) is 21.3 Å². The van der Waals surface area contributed by atoms with Gasteiger partial charge in [-0.1, -0.05) is 47.5 Å². The minimum Gasteiger partial charge on any atom is -0.324 e. The van der Waals surface area contributed by atoms with Crippen molar-refractivity contribution < 1.29 is 8.42 Å². The molecule has 4 aromatic rings. The third-order valence-corrected chi connectivity index (χ3v) is 5.93. The van der Waals surface area contributed by atoms with Gasteiger partial charge in [0.2, 0.25) is 27.9 Å². The number of anilines is 5. The van der Waals surface area contributed by atoms with Crippen molar-refractivity contribution in [3.8, 4) is 0 Å². The van der Waals surface area contributed by atoms with Crippen LogP contribution in [0, 0.1) is 0 Å². The van der Waals surface area contributed by atoms with Crippen molar-refractivity contribution in [1.82, 2.24) is 15.0 Å². The first-order chi connectivity index (χ1) is 16.8. The molecule has 35 heavy (non-hydrogen) atoms. The Labute approximate surface area is 211 Å². The van der Waals surface area contributed by atoms with E-state index >= 15 is 0 Å². The Morgan fingerprint density at radius 2 is 1.40 bits per heavy atom. The smallest absolute Gasteiger partial charge is 0.250 e. The van der Waals surface area contributed by atoms with E-state index in [2.05, 4.69) is 36.1 Å². The molecule has 10 nitrogen and oxygen atoms in total. The van der Waals surface area contributed by atoms with E-state index in [9.17, 15) is 8.42 Å². The molecule has 0 aliphatic carbocycles. The molecule has 0 saturated heterocycles. The molecule has 0 fully saturated rings. The molecule has 0 amide bonds. The number of rotatable bonds is 8. The molecule has 0 aliphatic heterocycles. The number of aromatic nitrogens is 3. The van der Waals surface area contributed by atoms with E-state index in [-0.39, 0.29) is 22.7 Å². The quantitative estimate of drug-likeness (QED) is 0.189. The zero-order valence-corrected chi connectivity index (χ0v) is 20.2. The molecule has 178 valence electrons. The highest BCUT2D eigenvalue weighted by atomic mass is 35.5. The highest BCUT2D eigenvalue weighted by Crippen LogP contribution is 2.21. The van der Waals surface area contributed by atoms with Crippen LogP contribution in [0.15, 0.2) is 82.8 Å². The van der Waals surface area contributed by atoms with E-state index in [0.717, 1.165) is 5.69 Å². The molecule has 0 atom stereocenters. The molecule has 0 bridgehead atoms. The molecule has 5 N–H and O–H groups in total. The van der Waals surface area contributed by atoms with Crippen LogP contribution < -0.4 is 21.2 Å². The number of hydrazone groups is 1. The van der Waals surface area contributed by atoms with Crippen LogP contribution in [0.4, 0.5) is 29.2 Å². The summed E-state index contributed by atoms with van der Waals surface area (Å²) in [6.45, 7) is 0. The number of primary sulfonamides is 1. The minimum absolute atomic E-state index is 0.0114. The maximum Gasteiger partial charge on any atom is 0.250 e. The van der Waals surface area contributed by atoms with Gasteiger partial charge in [0.25, 0.3) is 0 Å². The molecule has 0 aliphatic rings. The molecular formula is C22H18Cl2N8O2S. The Balaban J connectivity index is 1.59. The summed E-state index contributed by atoms with van der Waals surface area (Å²) in [7, 11) is -3.80. The zero-order chi connectivity index (χ0) is 24.8. The molecule has 0 saturated carbocycles. The predicted molar refractivity (Wildman–Crippen MR) is 138 cm³/mol. The van der Waals surface area contributed by atoms with Gasteiger partial charge in [-0.3, -0.25) is 0 Å². The Bertz CT molecular complexity index is 1470. The normalized spacial score (nSPS) is 11.4. The van der Waals surface area contributed by atoms with E-state index in [1.165, 1.54) is 18.3 Å². The molecule has 0 radical (unpaired) electrons. The van der Waals surface area contributed by atoms with Crippen LogP contribution in [0.5, 0.6) is 0 Å². The molecule has 1 heterocycles. The van der Waals surface area contributed by atoms with E-state index in [1.807, 2.05) is 30.3 Å². The Kier molecular flexibility index (Phi) is 7.42. The van der Waals surface area contributed by atoms with Crippen LogP contribution >= 0.6 is 23.2 Å². The maximum atomic E-state index is 11.5. The third kappa shape index (κ3) is 6.87. The fourth-order valence-electron chi connectivity index (χ4n) is 2.81. The number of benzene rings is 3. The van der Waals surface area contributed by atoms with Gasteiger partial charge in [0.05, 0.1) is 16.1 Å². The summed E-state index contributed by atoms with van der Waals surface area (Å²) in [5.74, 6) is 0.574. The highest BCUT2D eigenvalue weighted by molar-refractivity contribution is 7.89. The Hall–Kier alpha value is -3.77. The first kappa shape index (κ1) is 24.4. The summed E-state index contributed by atoms with van der Waals surface area (Å²) in [6, 6.07) is 20.2. The van der Waals surface area contributed by atoms with Crippen molar-refractivity contribution in [3.63, 3.8) is 0 Å². The maximum absolute atomic E-state index is 11.5. The summed E-state index contributed by atoms with van der Waals surface area (Å²) >= 11 is 12.1. The fraction of sp³-hybridized carbons (Fsp3) is 0. The molecule has 0 unspecified atom stereocenters. The number of nitrogens with zero attached hydrogens (tertiary/aromatic N) is 4. The van der Waals surface area contributed by atoms with Crippen molar-refractivity contribution in [2.45, 2.75) is 4.90 Å². The van der Waals surface area contributed by atoms with Crippen molar-refractivity contribution in [2.24, 2.45) is 10.2 Å². The lowest BCUT2D eigenvalue weighted by Gasteiger charge is -2.10. The number of para-hydroxylation sites is 1. The standard InChI is InChI=1S/C22H18Cl2N8O2S/c23-15-7-6-14(19(24)12-15)13-26-32-22-30-20(27-16-4-2-1-3-5-16)29-21(31-22)28-17-8-10-18(11-9-17)35(25,33)34/h1-13H,(H2,25,33,34)(H3,27,28,29,30,31,32)/b26-13+. The van der Waals surface area contributed by atoms with Gasteiger partial charge < -0.3 is 10.6 Å². The molecule has 0 spiro atoms. The summed E-state index contributed by atoms with van der Waals surface area (Å²) in [6.07, 6.45) is 1.51. The lowest BCUT2D eigenvalue weighted by Crippen LogP contribution is -2.12. The summed E-state index contributed by atoms with van der Waals surface area (Å²) in [5, 5.41) is 16.4. The number of hydrogen-bond donors (Lipinski definition) is 4. The molecule has 1 aromatic heterocycles. The van der Waals surface area contributed by atoms with E-state index < -0.39 is 10.0 Å². The largest absolute Gasteiger partial charge is 0.324 e. The van der Waals surface area contributed by atoms with Crippen molar-refractivity contribution >= 4 is 68.7 Å². The van der Waals surface area contributed by atoms with Crippen LogP contribution in [0.1, 0.15) is 5.56 Å². The van der Waals surface area contributed by atoms with Crippen molar-refractivity contribution in [2.75, 3.05) is 16.1 Å². The monoisotopic (exact) mass is 528 g/mol. The molecule has 13 heteroatoms. The van der Waals surface area contributed by atoms with Gasteiger partial charge in [0.15, 0.2) is 0 Å². The number of nitrogens with one attached hydrogen (secondary N) is 3. The minimum atomic E-state index is -3.80. The van der Waals surface area contributed by atoms with Crippen LogP contribution in [-0.4, -0.2) is 29.6 Å². The number of halogens is 2. The zero-order valence-electron chi connectivity index (χ0n) is 17.9. The average Bonchev–Trinajstić information content (AvgIpc) is 2.81. The van der Waals surface area contributed by atoms with Crippen LogP contribution in [0.3, 0.4) is 0 Å². The number of hydrogen-bond acceptors (Lipinski definition) is 9. The SMILES string of the molecule is NS(=O)(=O)c1ccc(Nc2nc(N/N=C/c3ccc(Cl)cc3Cl)nc(Nc3ccccc3)n2)cc1. The third-order valence-electron chi connectivity index (χ3n) is 4.44. The lowest BCUT2D eigenvalue weighted by molar-refractivity contribution is 0.598. The first-order valence-electron chi connectivity index (χ1n) is 9.98.